The summed E-state index contributed by atoms with van der Waals surface area (Å²) in [6.07, 6.45) is 0.402. The van der Waals surface area contributed by atoms with Gasteiger partial charge in [0.1, 0.15) is 17.4 Å². The highest BCUT2D eigenvalue weighted by Gasteiger charge is 2.55. The largest absolute Gasteiger partial charge is 0.465 e. The van der Waals surface area contributed by atoms with Crippen LogP contribution in [0.2, 0.25) is 0 Å². The van der Waals surface area contributed by atoms with Crippen molar-refractivity contribution in [1.82, 2.24) is 14.7 Å². The number of nitrogens with two attached hydrogens (primary N) is 1. The lowest BCUT2D eigenvalue weighted by atomic mass is 9.72. The first-order chi connectivity index (χ1) is 15.6. The van der Waals surface area contributed by atoms with Crippen LogP contribution >= 0.6 is 0 Å². The lowest BCUT2D eigenvalue weighted by molar-refractivity contribution is 0.0112. The van der Waals surface area contributed by atoms with Crippen molar-refractivity contribution in [3.63, 3.8) is 0 Å². The topological polar surface area (TPSA) is 161 Å². The summed E-state index contributed by atoms with van der Waals surface area (Å²) in [4.78, 5) is 25.3. The zero-order chi connectivity index (χ0) is 24.3. The molecule has 2 heterocycles. The van der Waals surface area contributed by atoms with Gasteiger partial charge in [-0.3, -0.25) is 14.4 Å². The van der Waals surface area contributed by atoms with Crippen LogP contribution < -0.4 is 11.1 Å². The van der Waals surface area contributed by atoms with Gasteiger partial charge < -0.3 is 16.2 Å². The number of primary amides is 1. The fourth-order valence-corrected chi connectivity index (χ4v) is 4.42. The number of hydrogen-bond donors (Lipinski definition) is 3. The monoisotopic (exact) mass is 453 g/mol. The Bertz CT molecular complexity index is 1130. The first-order valence-corrected chi connectivity index (χ1v) is 10.4. The number of piperidine rings is 1. The second-order valence-electron chi connectivity index (χ2n) is 8.40. The molecule has 0 aliphatic carbocycles. The van der Waals surface area contributed by atoms with Crippen LogP contribution in [-0.4, -0.2) is 43.9 Å². The normalized spacial score (nSPS) is 22.4. The number of nitrogens with one attached hydrogen (secondary N) is 1. The van der Waals surface area contributed by atoms with Crippen molar-refractivity contribution in [3.8, 4) is 12.1 Å². The highest BCUT2D eigenvalue weighted by Crippen LogP contribution is 2.45. The van der Waals surface area contributed by atoms with Gasteiger partial charge in [0, 0.05) is 18.4 Å². The van der Waals surface area contributed by atoms with E-state index in [1.807, 2.05) is 13.8 Å². The number of nitrogens with zero attached hydrogens (tertiary/aromatic N) is 5. The molecule has 3 atom stereocenters. The molecule has 33 heavy (non-hydrogen) atoms. The highest BCUT2D eigenvalue weighted by molar-refractivity contribution is 5.98. The zero-order valence-electron chi connectivity index (χ0n) is 18.2. The van der Waals surface area contributed by atoms with E-state index in [4.69, 9.17) is 5.73 Å². The highest BCUT2D eigenvalue weighted by atomic mass is 19.1. The Morgan fingerprint density at radius 3 is 2.55 bits per heavy atom. The molecule has 0 saturated carbocycles. The summed E-state index contributed by atoms with van der Waals surface area (Å²) < 4.78 is 14.5. The fraction of sp³-hybridized carbons (Fsp3) is 0.409. The van der Waals surface area contributed by atoms with Crippen LogP contribution in [0.5, 0.6) is 0 Å². The second-order valence-corrected chi connectivity index (χ2v) is 8.40. The predicted molar refractivity (Wildman–Crippen MR) is 116 cm³/mol. The molecule has 1 saturated heterocycles. The third-order valence-electron chi connectivity index (χ3n) is 5.71. The summed E-state index contributed by atoms with van der Waals surface area (Å²) in [5.41, 5.74) is 4.36. The number of amides is 2. The van der Waals surface area contributed by atoms with Gasteiger partial charge in [-0.1, -0.05) is 13.8 Å². The van der Waals surface area contributed by atoms with E-state index in [0.29, 0.717) is 5.69 Å². The van der Waals surface area contributed by atoms with Gasteiger partial charge in [-0.15, -0.1) is 0 Å². The molecule has 0 radical (unpaired) electrons. The molecule has 1 aromatic heterocycles. The van der Waals surface area contributed by atoms with E-state index in [1.54, 1.807) is 0 Å². The van der Waals surface area contributed by atoms with Crippen LogP contribution in [0.4, 0.5) is 20.7 Å². The van der Waals surface area contributed by atoms with E-state index < -0.39 is 35.3 Å². The van der Waals surface area contributed by atoms with Crippen LogP contribution in [0, 0.1) is 40.3 Å². The van der Waals surface area contributed by atoms with Gasteiger partial charge in [0.25, 0.3) is 5.91 Å². The number of likely N-dealkylation sites (tertiary alicyclic amines) is 1. The van der Waals surface area contributed by atoms with Gasteiger partial charge in [-0.05, 0) is 43.0 Å². The average molecular weight is 453 g/mol. The number of nitriles is 2. The molecule has 10 nitrogen and oxygen atoms in total. The molecule has 1 aliphatic heterocycles. The van der Waals surface area contributed by atoms with Crippen LogP contribution in [0.3, 0.4) is 0 Å². The smallest absolute Gasteiger partial charge is 0.408 e. The van der Waals surface area contributed by atoms with E-state index in [9.17, 15) is 29.6 Å². The minimum absolute atomic E-state index is 0.0140. The Kier molecular flexibility index (Phi) is 6.54. The number of carboxylic acid groups (broad SMARTS) is 1. The predicted octanol–water partition coefficient (Wildman–Crippen LogP) is 3.24. The molecule has 3 rings (SSSR count). The van der Waals surface area contributed by atoms with Gasteiger partial charge >= 0.3 is 6.09 Å². The lowest BCUT2D eigenvalue weighted by Crippen LogP contribution is -2.61. The summed E-state index contributed by atoms with van der Waals surface area (Å²) in [5, 5.41) is 37.3. The van der Waals surface area contributed by atoms with Crippen molar-refractivity contribution >= 4 is 23.5 Å². The molecule has 1 unspecified atom stereocenters. The summed E-state index contributed by atoms with van der Waals surface area (Å²) in [5.74, 6) is -2.01. The standard InChI is InChI=1S/C22H24FN7O3/c1-13(2)9-22(12-25)18(14(10-24)7-8-29(22)21(32)33)30-11-17(19(26)31)20(28-30)27-16-5-3-15(23)4-6-16/h3-6,11,13-14,18H,7-9H2,1-2H3,(H2,26,31)(H,27,28)(H,32,33)/t14-,18-,22?/m0/s1. The molecular weight excluding hydrogens is 429 g/mol. The van der Waals surface area contributed by atoms with Crippen LogP contribution in [-0.2, 0) is 0 Å². The molecule has 2 amide bonds. The molecule has 1 aliphatic rings. The molecule has 2 aromatic rings. The quantitative estimate of drug-likeness (QED) is 0.605. The number of anilines is 2. The van der Waals surface area contributed by atoms with Crippen LogP contribution in [0.15, 0.2) is 30.5 Å². The Labute approximate surface area is 190 Å². The van der Waals surface area contributed by atoms with Crippen LogP contribution in [0.1, 0.15) is 43.1 Å². The van der Waals surface area contributed by atoms with E-state index in [1.165, 1.54) is 35.1 Å². The molecule has 4 N–H and O–H groups in total. The van der Waals surface area contributed by atoms with Crippen molar-refractivity contribution < 1.29 is 19.1 Å². The summed E-state index contributed by atoms with van der Waals surface area (Å²) in [6.45, 7) is 3.73. The minimum Gasteiger partial charge on any atom is -0.465 e. The fourth-order valence-electron chi connectivity index (χ4n) is 4.42. The number of halogens is 1. The van der Waals surface area contributed by atoms with Gasteiger partial charge in [0.2, 0.25) is 0 Å². The van der Waals surface area contributed by atoms with E-state index in [2.05, 4.69) is 22.6 Å². The van der Waals surface area contributed by atoms with Crippen molar-refractivity contribution in [2.24, 2.45) is 17.6 Å². The first-order valence-electron chi connectivity index (χ1n) is 10.4. The molecular formula is C22H24FN7O3. The maximum atomic E-state index is 13.3. The van der Waals surface area contributed by atoms with Crippen molar-refractivity contribution in [2.45, 2.75) is 38.3 Å². The summed E-state index contributed by atoms with van der Waals surface area (Å²) >= 11 is 0. The number of carbonyl (C=O) groups excluding carboxylic acids is 1. The number of carbonyl (C=O) groups is 2. The maximum absolute atomic E-state index is 13.3. The molecule has 1 aromatic carbocycles. The third-order valence-corrected chi connectivity index (χ3v) is 5.71. The van der Waals surface area contributed by atoms with Gasteiger partial charge in [-0.2, -0.15) is 15.6 Å². The summed E-state index contributed by atoms with van der Waals surface area (Å²) in [6, 6.07) is 8.70. The Balaban J connectivity index is 2.16. The Morgan fingerprint density at radius 2 is 2.03 bits per heavy atom. The van der Waals surface area contributed by atoms with Crippen molar-refractivity contribution in [2.75, 3.05) is 11.9 Å². The van der Waals surface area contributed by atoms with Gasteiger partial charge in [0.15, 0.2) is 11.4 Å². The Hall–Kier alpha value is -4.12. The van der Waals surface area contributed by atoms with E-state index in [-0.39, 0.29) is 36.7 Å². The second kappa shape index (κ2) is 9.17. The molecule has 0 spiro atoms. The maximum Gasteiger partial charge on any atom is 0.408 e. The summed E-state index contributed by atoms with van der Waals surface area (Å²) in [7, 11) is 0. The van der Waals surface area contributed by atoms with Gasteiger partial charge in [-0.25, -0.2) is 9.18 Å². The molecule has 1 fully saturated rings. The number of rotatable bonds is 6. The van der Waals surface area contributed by atoms with E-state index >= 15 is 0 Å². The lowest BCUT2D eigenvalue weighted by Gasteiger charge is -2.48. The van der Waals surface area contributed by atoms with E-state index in [0.717, 1.165) is 4.90 Å². The first kappa shape index (κ1) is 23.5. The third kappa shape index (κ3) is 4.44. The minimum atomic E-state index is -1.59. The van der Waals surface area contributed by atoms with Crippen molar-refractivity contribution in [3.05, 3.63) is 41.8 Å². The number of aromatic nitrogens is 2. The molecule has 11 heteroatoms. The zero-order valence-corrected chi connectivity index (χ0v) is 18.2. The average Bonchev–Trinajstić information content (AvgIpc) is 3.17. The van der Waals surface area contributed by atoms with Crippen LogP contribution in [0.25, 0.3) is 0 Å². The van der Waals surface area contributed by atoms with Gasteiger partial charge in [0.05, 0.1) is 18.1 Å². The number of benzene rings is 1. The SMILES string of the molecule is CC(C)CC1(C#N)[C@@H](n2cc(C(N)=O)c(Nc3ccc(F)cc3)n2)[C@H](C#N)CCN1C(=O)O. The Morgan fingerprint density at radius 1 is 1.36 bits per heavy atom. The molecule has 0 bridgehead atoms. The van der Waals surface area contributed by atoms with Crippen molar-refractivity contribution in [1.29, 1.82) is 10.5 Å². The number of hydrogen-bond acceptors (Lipinski definition) is 6. The molecule has 172 valence electrons.